The minimum atomic E-state index is -0.178. The van der Waals surface area contributed by atoms with Gasteiger partial charge in [0, 0.05) is 4.83 Å². The van der Waals surface area contributed by atoms with Crippen molar-refractivity contribution in [1.82, 2.24) is 0 Å². The lowest BCUT2D eigenvalue weighted by Crippen LogP contribution is -2.13. The molecule has 0 N–H and O–H groups in total. The predicted molar refractivity (Wildman–Crippen MR) is 59.5 cm³/mol. The fourth-order valence-electron chi connectivity index (χ4n) is 1.02. The number of halogens is 1. The smallest absolute Gasteiger partial charge is 0.310 e. The topological polar surface area (TPSA) is 26.3 Å². The summed E-state index contributed by atoms with van der Waals surface area (Å²) in [4.78, 5) is 11.5. The number of hydrogen-bond donors (Lipinski definition) is 0. The Hall–Kier alpha value is -0.830. The largest absolute Gasteiger partial charge is 0.464 e. The van der Waals surface area contributed by atoms with Gasteiger partial charge in [-0.3, -0.25) is 4.79 Å². The van der Waals surface area contributed by atoms with E-state index in [9.17, 15) is 4.79 Å². The zero-order chi connectivity index (χ0) is 10.4. The van der Waals surface area contributed by atoms with Crippen LogP contribution in [0.3, 0.4) is 0 Å². The molecule has 0 saturated heterocycles. The third-order valence-corrected chi connectivity index (χ3v) is 1.93. The molecule has 0 aliphatic heterocycles. The standard InChI is InChI=1S/C11H13BrO2/c1-9(12)8-14-11(13)7-10-5-3-2-4-6-10/h2-6,9H,7-8H2,1H3. The van der Waals surface area contributed by atoms with Crippen LogP contribution in [0.1, 0.15) is 12.5 Å². The number of rotatable bonds is 4. The Morgan fingerprint density at radius 3 is 2.64 bits per heavy atom. The van der Waals surface area contributed by atoms with Crippen LogP contribution in [-0.4, -0.2) is 17.4 Å². The summed E-state index contributed by atoms with van der Waals surface area (Å²) in [7, 11) is 0. The summed E-state index contributed by atoms with van der Waals surface area (Å²) in [6.07, 6.45) is 0.348. The number of benzene rings is 1. The van der Waals surface area contributed by atoms with Gasteiger partial charge < -0.3 is 4.74 Å². The summed E-state index contributed by atoms with van der Waals surface area (Å²) in [5, 5.41) is 0. The Kier molecular flexibility index (Phi) is 4.66. The Labute approximate surface area is 92.4 Å². The molecule has 0 fully saturated rings. The van der Waals surface area contributed by atoms with Gasteiger partial charge >= 0.3 is 5.97 Å². The Bertz CT molecular complexity index is 283. The molecule has 76 valence electrons. The van der Waals surface area contributed by atoms with Crippen molar-refractivity contribution in [2.24, 2.45) is 0 Å². The van der Waals surface area contributed by atoms with E-state index in [0.29, 0.717) is 13.0 Å². The fourth-order valence-corrected chi connectivity index (χ4v) is 1.15. The second kappa shape index (κ2) is 5.81. The normalized spacial score (nSPS) is 12.1. The number of carbonyl (C=O) groups is 1. The van der Waals surface area contributed by atoms with Crippen LogP contribution < -0.4 is 0 Å². The fraction of sp³-hybridized carbons (Fsp3) is 0.364. The molecule has 1 unspecified atom stereocenters. The SMILES string of the molecule is CC(Br)COC(=O)Cc1ccccc1. The summed E-state index contributed by atoms with van der Waals surface area (Å²) < 4.78 is 5.02. The van der Waals surface area contributed by atoms with E-state index in [4.69, 9.17) is 4.74 Å². The first kappa shape index (κ1) is 11.2. The summed E-state index contributed by atoms with van der Waals surface area (Å²) in [6, 6.07) is 9.58. The van der Waals surface area contributed by atoms with Gasteiger partial charge in [0.1, 0.15) is 6.61 Å². The van der Waals surface area contributed by atoms with E-state index in [0.717, 1.165) is 5.56 Å². The van der Waals surface area contributed by atoms with Crippen molar-refractivity contribution in [2.45, 2.75) is 18.2 Å². The lowest BCUT2D eigenvalue weighted by atomic mass is 10.2. The first-order valence-corrected chi connectivity index (χ1v) is 5.43. The zero-order valence-electron chi connectivity index (χ0n) is 8.07. The molecule has 3 heteroatoms. The van der Waals surface area contributed by atoms with Crippen LogP contribution >= 0.6 is 15.9 Å². The van der Waals surface area contributed by atoms with Crippen molar-refractivity contribution in [2.75, 3.05) is 6.61 Å². The molecule has 1 atom stereocenters. The molecule has 1 rings (SSSR count). The quantitative estimate of drug-likeness (QED) is 0.612. The summed E-state index contributed by atoms with van der Waals surface area (Å²) in [6.45, 7) is 2.36. The molecule has 0 saturated carbocycles. The minimum absolute atomic E-state index is 0.178. The van der Waals surface area contributed by atoms with E-state index in [1.54, 1.807) is 0 Å². The monoisotopic (exact) mass is 256 g/mol. The Balaban J connectivity index is 2.35. The van der Waals surface area contributed by atoms with Gasteiger partial charge in [0.2, 0.25) is 0 Å². The molecule has 0 heterocycles. The zero-order valence-corrected chi connectivity index (χ0v) is 9.66. The van der Waals surface area contributed by atoms with Gasteiger partial charge in [0.25, 0.3) is 0 Å². The molecule has 1 aromatic carbocycles. The molecule has 0 amide bonds. The van der Waals surface area contributed by atoms with Crippen LogP contribution in [0, 0.1) is 0 Å². The third-order valence-electron chi connectivity index (χ3n) is 1.67. The molecule has 0 aliphatic rings. The van der Waals surface area contributed by atoms with Crippen molar-refractivity contribution in [1.29, 1.82) is 0 Å². The highest BCUT2D eigenvalue weighted by molar-refractivity contribution is 9.09. The second-order valence-electron chi connectivity index (χ2n) is 3.13. The van der Waals surface area contributed by atoms with Crippen molar-refractivity contribution in [3.05, 3.63) is 35.9 Å². The Morgan fingerprint density at radius 2 is 2.07 bits per heavy atom. The van der Waals surface area contributed by atoms with Gasteiger partial charge in [-0.1, -0.05) is 46.3 Å². The van der Waals surface area contributed by atoms with Gasteiger partial charge in [0.15, 0.2) is 0 Å². The molecule has 0 radical (unpaired) electrons. The van der Waals surface area contributed by atoms with E-state index < -0.39 is 0 Å². The van der Waals surface area contributed by atoms with Gasteiger partial charge in [-0.05, 0) is 12.5 Å². The number of esters is 1. The molecule has 0 aliphatic carbocycles. The highest BCUT2D eigenvalue weighted by Gasteiger charge is 2.05. The van der Waals surface area contributed by atoms with Crippen LogP contribution in [0.25, 0.3) is 0 Å². The molecule has 0 bridgehead atoms. The molecule has 0 aromatic heterocycles. The van der Waals surface area contributed by atoms with E-state index in [2.05, 4.69) is 15.9 Å². The number of carbonyl (C=O) groups excluding carboxylic acids is 1. The average molecular weight is 257 g/mol. The molecule has 0 spiro atoms. The Morgan fingerprint density at radius 1 is 1.43 bits per heavy atom. The van der Waals surface area contributed by atoms with Crippen molar-refractivity contribution < 1.29 is 9.53 Å². The molecular formula is C11H13BrO2. The lowest BCUT2D eigenvalue weighted by Gasteiger charge is -2.05. The van der Waals surface area contributed by atoms with E-state index in [1.165, 1.54) is 0 Å². The summed E-state index contributed by atoms with van der Waals surface area (Å²) >= 11 is 3.31. The van der Waals surface area contributed by atoms with Gasteiger partial charge in [0.05, 0.1) is 6.42 Å². The van der Waals surface area contributed by atoms with Crippen LogP contribution in [0.5, 0.6) is 0 Å². The first-order chi connectivity index (χ1) is 6.68. The van der Waals surface area contributed by atoms with E-state index in [-0.39, 0.29) is 10.8 Å². The van der Waals surface area contributed by atoms with Crippen LogP contribution in [0.4, 0.5) is 0 Å². The lowest BCUT2D eigenvalue weighted by molar-refractivity contribution is -0.142. The van der Waals surface area contributed by atoms with Gasteiger partial charge in [-0.25, -0.2) is 0 Å². The molecule has 2 nitrogen and oxygen atoms in total. The van der Waals surface area contributed by atoms with Crippen molar-refractivity contribution in [3.63, 3.8) is 0 Å². The van der Waals surface area contributed by atoms with Crippen LogP contribution in [0.2, 0.25) is 0 Å². The van der Waals surface area contributed by atoms with Crippen LogP contribution in [0.15, 0.2) is 30.3 Å². The average Bonchev–Trinajstić information content (AvgIpc) is 2.16. The first-order valence-electron chi connectivity index (χ1n) is 4.52. The van der Waals surface area contributed by atoms with Crippen molar-refractivity contribution >= 4 is 21.9 Å². The highest BCUT2D eigenvalue weighted by Crippen LogP contribution is 2.03. The highest BCUT2D eigenvalue weighted by atomic mass is 79.9. The summed E-state index contributed by atoms with van der Waals surface area (Å²) in [5.41, 5.74) is 0.986. The molecule has 1 aromatic rings. The maximum atomic E-state index is 11.3. The van der Waals surface area contributed by atoms with E-state index >= 15 is 0 Å². The van der Waals surface area contributed by atoms with Gasteiger partial charge in [-0.2, -0.15) is 0 Å². The third kappa shape index (κ3) is 4.42. The number of hydrogen-bond acceptors (Lipinski definition) is 2. The van der Waals surface area contributed by atoms with Crippen LogP contribution in [-0.2, 0) is 16.0 Å². The number of alkyl halides is 1. The maximum Gasteiger partial charge on any atom is 0.310 e. The predicted octanol–water partition coefficient (Wildman–Crippen LogP) is 2.56. The summed E-state index contributed by atoms with van der Waals surface area (Å²) in [5.74, 6) is -0.178. The van der Waals surface area contributed by atoms with Crippen molar-refractivity contribution in [3.8, 4) is 0 Å². The molecule has 14 heavy (non-hydrogen) atoms. The maximum absolute atomic E-state index is 11.3. The van der Waals surface area contributed by atoms with E-state index in [1.807, 2.05) is 37.3 Å². The van der Waals surface area contributed by atoms with Gasteiger partial charge in [-0.15, -0.1) is 0 Å². The minimum Gasteiger partial charge on any atom is -0.464 e. The molecular weight excluding hydrogens is 244 g/mol. The number of ether oxygens (including phenoxy) is 1. The second-order valence-corrected chi connectivity index (χ2v) is 4.69.